The van der Waals surface area contributed by atoms with Crippen molar-refractivity contribution in [1.29, 1.82) is 0 Å². The molecule has 14 rings (SSSR count). The molecule has 0 unspecified atom stereocenters. The van der Waals surface area contributed by atoms with Crippen LogP contribution in [0.3, 0.4) is 0 Å². The average Bonchev–Trinajstić information content (AvgIpc) is 4.32. The molecule has 12 heteroatoms. The van der Waals surface area contributed by atoms with Crippen molar-refractivity contribution in [3.63, 3.8) is 0 Å². The van der Waals surface area contributed by atoms with Gasteiger partial charge in [0, 0.05) is 130 Å². The van der Waals surface area contributed by atoms with Crippen LogP contribution in [-0.4, -0.2) is 54.6 Å². The molecular weight excluding hydrogens is 1010 g/mol. The first-order valence-corrected chi connectivity index (χ1v) is 27.9. The predicted molar refractivity (Wildman–Crippen MR) is 325 cm³/mol. The first kappa shape index (κ1) is 50.7. The van der Waals surface area contributed by atoms with Crippen LogP contribution in [-0.2, 0) is 19.6 Å². The molecule has 0 saturated carbocycles. The van der Waals surface area contributed by atoms with Gasteiger partial charge in [-0.05, 0) is 108 Å². The highest BCUT2D eigenvalue weighted by Gasteiger charge is 2.19. The largest absolute Gasteiger partial charge is 0.493 e. The van der Waals surface area contributed by atoms with Gasteiger partial charge in [-0.3, -0.25) is 0 Å². The van der Waals surface area contributed by atoms with E-state index in [0.717, 1.165) is 118 Å². The smallest absolute Gasteiger partial charge is 0.126 e. The third kappa shape index (κ3) is 11.7. The molecule has 0 saturated heterocycles. The quantitative estimate of drug-likeness (QED) is 0.0999. The fourth-order valence-electron chi connectivity index (χ4n) is 10.8. The summed E-state index contributed by atoms with van der Waals surface area (Å²) in [6.45, 7) is 4.38. The van der Waals surface area contributed by atoms with E-state index in [0.29, 0.717) is 95.8 Å². The zero-order valence-electron chi connectivity index (χ0n) is 44.9. The molecule has 5 N–H and O–H groups in total. The topological polar surface area (TPSA) is 136 Å². The van der Waals surface area contributed by atoms with E-state index >= 15 is 0 Å². The molecule has 0 fully saturated rings. The number of aromatic nitrogens is 3. The van der Waals surface area contributed by atoms with Crippen LogP contribution < -0.4 is 44.4 Å². The Bertz CT molecular complexity index is 3800. The maximum Gasteiger partial charge on any atom is 0.126 e. The van der Waals surface area contributed by atoms with Crippen molar-refractivity contribution >= 4 is 51.3 Å². The van der Waals surface area contributed by atoms with E-state index in [4.69, 9.17) is 33.4 Å². The lowest BCUT2D eigenvalue weighted by molar-refractivity contribution is 0.232. The molecule has 4 aliphatic rings. The summed E-state index contributed by atoms with van der Waals surface area (Å²) in [5, 5.41) is 11.2. The average molecular weight is 1070 g/mol. The molecule has 0 radical (unpaired) electrons. The van der Waals surface area contributed by atoms with Gasteiger partial charge in [0.05, 0.1) is 51.0 Å². The molecular formula is C69H62N6O6. The molecule has 81 heavy (non-hydrogen) atoms. The fraction of sp³-hybridized carbons (Fsp3) is 0.174. The summed E-state index contributed by atoms with van der Waals surface area (Å²) >= 11 is 0. The van der Waals surface area contributed by atoms with Crippen LogP contribution in [0.15, 0.2) is 188 Å². The second-order valence-electron chi connectivity index (χ2n) is 20.3. The molecule has 0 amide bonds. The van der Waals surface area contributed by atoms with Crippen LogP contribution in [0, 0.1) is 0 Å². The Kier molecular flexibility index (Phi) is 14.8. The minimum absolute atomic E-state index is 0.434. The zero-order chi connectivity index (χ0) is 54.2. The van der Waals surface area contributed by atoms with Crippen molar-refractivity contribution in [3.05, 3.63) is 216 Å². The van der Waals surface area contributed by atoms with Gasteiger partial charge < -0.3 is 54.3 Å². The molecule has 0 spiro atoms. The summed E-state index contributed by atoms with van der Waals surface area (Å²) in [6.07, 6.45) is 6.26. The van der Waals surface area contributed by atoms with Crippen molar-refractivity contribution in [2.75, 3.05) is 55.6 Å². The molecule has 7 heterocycles. The highest BCUT2D eigenvalue weighted by molar-refractivity contribution is 6.00. The minimum Gasteiger partial charge on any atom is -0.493 e. The summed E-state index contributed by atoms with van der Waals surface area (Å²) < 4.78 is 38.5. The van der Waals surface area contributed by atoms with Gasteiger partial charge in [0.15, 0.2) is 0 Å². The number of benzene rings is 7. The van der Waals surface area contributed by atoms with Gasteiger partial charge in [-0.1, -0.05) is 91.0 Å². The van der Waals surface area contributed by atoms with E-state index in [2.05, 4.69) is 153 Å². The minimum atomic E-state index is 0.434. The van der Waals surface area contributed by atoms with E-state index in [1.807, 2.05) is 72.8 Å². The summed E-state index contributed by atoms with van der Waals surface area (Å²) in [6, 6.07) is 64.9. The van der Waals surface area contributed by atoms with E-state index in [-0.39, 0.29) is 0 Å². The third-order valence-corrected chi connectivity index (χ3v) is 14.7. The molecule has 3 aromatic heterocycles. The molecule has 0 atom stereocenters. The van der Waals surface area contributed by atoms with Crippen LogP contribution in [0.4, 0.5) is 17.1 Å². The zero-order valence-corrected chi connectivity index (χ0v) is 44.9. The number of para-hydroxylation sites is 3. The first-order chi connectivity index (χ1) is 40.1. The van der Waals surface area contributed by atoms with Crippen LogP contribution >= 0.6 is 0 Å². The third-order valence-electron chi connectivity index (χ3n) is 14.7. The van der Waals surface area contributed by atoms with E-state index < -0.39 is 0 Å². The van der Waals surface area contributed by atoms with Gasteiger partial charge in [-0.2, -0.15) is 0 Å². The van der Waals surface area contributed by atoms with E-state index in [1.165, 1.54) is 0 Å². The van der Waals surface area contributed by atoms with E-state index in [9.17, 15) is 0 Å². The second kappa shape index (κ2) is 23.7. The number of hydrogen-bond acceptors (Lipinski definition) is 10. The van der Waals surface area contributed by atoms with E-state index in [1.54, 1.807) is 0 Å². The summed E-state index contributed by atoms with van der Waals surface area (Å²) in [5.41, 5.74) is 17.6. The standard InChI is InChI=1S/C69H62N6O6/c1-4-22-64-49(13-1)43-70-52-19-7-16-46(37-52)67-58-25-27-60(73-58)68-47-17-8-20-53(38-47)71-44-50-14-2-5-23-65(50)80-35-11-32-77-56-40-55(76-31-10-34-79-64)41-57(42-56)78-33-12-36-81-66-24-6-3-15-51(66)45-72-54-21-9-18-48(39-54)69(61-28-26-59(67)74-61)63-30-29-62(68)75-63/h1-9,13-30,37-42,70-74H,10-12,31-36,43-45H2. The van der Waals surface area contributed by atoms with Gasteiger partial charge in [0.25, 0.3) is 0 Å². The van der Waals surface area contributed by atoms with Crippen molar-refractivity contribution in [2.45, 2.75) is 38.9 Å². The number of H-pyrrole nitrogens is 2. The van der Waals surface area contributed by atoms with Crippen LogP contribution in [0.1, 0.15) is 47.3 Å². The molecule has 0 aliphatic carbocycles. The summed E-state index contributed by atoms with van der Waals surface area (Å²) in [4.78, 5) is 13.3. The van der Waals surface area contributed by atoms with Crippen LogP contribution in [0.2, 0.25) is 0 Å². The summed E-state index contributed by atoms with van der Waals surface area (Å²) in [5.74, 6) is 4.43. The fourth-order valence-corrected chi connectivity index (χ4v) is 10.8. The Morgan fingerprint density at radius 1 is 0.309 bits per heavy atom. The van der Waals surface area contributed by atoms with Crippen molar-refractivity contribution < 1.29 is 28.4 Å². The molecule has 12 nitrogen and oxygen atoms in total. The lowest BCUT2D eigenvalue weighted by Gasteiger charge is -2.16. The number of aromatic amines is 2. The Labute approximate surface area is 471 Å². The van der Waals surface area contributed by atoms with Crippen LogP contribution in [0.5, 0.6) is 34.5 Å². The Balaban J connectivity index is 0.965. The number of ether oxygens (including phenoxy) is 6. The van der Waals surface area contributed by atoms with Gasteiger partial charge in [0.2, 0.25) is 0 Å². The number of nitrogens with zero attached hydrogens (tertiary/aromatic N) is 1. The highest BCUT2D eigenvalue weighted by atomic mass is 16.5. The lowest BCUT2D eigenvalue weighted by Crippen LogP contribution is -2.09. The number of nitrogens with one attached hydrogen (secondary N) is 5. The van der Waals surface area contributed by atoms with Gasteiger partial charge in [-0.15, -0.1) is 0 Å². The Hall–Kier alpha value is -9.81. The van der Waals surface area contributed by atoms with Crippen molar-refractivity contribution in [1.82, 2.24) is 15.0 Å². The number of anilines is 3. The molecule has 404 valence electrons. The lowest BCUT2D eigenvalue weighted by atomic mass is 10.0. The molecule has 18 bridgehead atoms. The molecule has 7 aromatic carbocycles. The number of rotatable bonds is 0. The first-order valence-electron chi connectivity index (χ1n) is 27.9. The monoisotopic (exact) mass is 1070 g/mol. The van der Waals surface area contributed by atoms with Crippen molar-refractivity contribution in [2.24, 2.45) is 0 Å². The summed E-state index contributed by atoms with van der Waals surface area (Å²) in [7, 11) is 0. The van der Waals surface area contributed by atoms with Crippen LogP contribution in [0.25, 0.3) is 67.6 Å². The second-order valence-corrected chi connectivity index (χ2v) is 20.3. The van der Waals surface area contributed by atoms with Gasteiger partial charge in [-0.25, -0.2) is 4.98 Å². The number of fused-ring (bicyclic) bond motifs is 15. The Morgan fingerprint density at radius 2 is 0.642 bits per heavy atom. The SMILES string of the molecule is C1=Cc2nc1c1c3ccc([nH]3)c3c4ccc([nH]4)c2-c2cccc(c2)NCc2ccccc2OCCCOc2cc(cc(c2)OCCCOc2ccccc2CNc2cccc-3c2)OCCCOc2ccccc2CNc2cccc-1c2. The maximum atomic E-state index is 6.45. The number of hydrogen-bond donors (Lipinski definition) is 5. The normalized spacial score (nSPS) is 14.4. The highest BCUT2D eigenvalue weighted by Crippen LogP contribution is 2.39. The van der Waals surface area contributed by atoms with Gasteiger partial charge >= 0.3 is 0 Å². The molecule has 10 aromatic rings. The maximum absolute atomic E-state index is 6.45. The van der Waals surface area contributed by atoms with Crippen molar-refractivity contribution in [3.8, 4) is 67.9 Å². The van der Waals surface area contributed by atoms with Gasteiger partial charge in [0.1, 0.15) is 34.5 Å². The molecule has 4 aliphatic heterocycles. The predicted octanol–water partition coefficient (Wildman–Crippen LogP) is 15.7. The Morgan fingerprint density at radius 3 is 1.02 bits per heavy atom.